The minimum absolute atomic E-state index is 0.0299. The van der Waals surface area contributed by atoms with Crippen LogP contribution in [0.4, 0.5) is 0 Å². The van der Waals surface area contributed by atoms with Gasteiger partial charge in [0.1, 0.15) is 22.8 Å². The molecular formula is C20H30O3. The van der Waals surface area contributed by atoms with Crippen molar-refractivity contribution in [3.8, 4) is 17.2 Å². The van der Waals surface area contributed by atoms with Crippen LogP contribution in [0.25, 0.3) is 0 Å². The molecule has 0 unspecified atom stereocenters. The molecule has 2 aliphatic rings. The summed E-state index contributed by atoms with van der Waals surface area (Å²) in [6.07, 6.45) is 8.58. The average molecular weight is 318 g/mol. The van der Waals surface area contributed by atoms with E-state index in [0.29, 0.717) is 11.8 Å². The first kappa shape index (κ1) is 16.5. The Hall–Kier alpha value is -1.38. The van der Waals surface area contributed by atoms with Gasteiger partial charge in [-0.2, -0.15) is 0 Å². The van der Waals surface area contributed by atoms with Crippen LogP contribution in [0.1, 0.15) is 70.3 Å². The van der Waals surface area contributed by atoms with Crippen molar-refractivity contribution in [2.45, 2.75) is 70.3 Å². The Balaban J connectivity index is 2.04. The van der Waals surface area contributed by atoms with Crippen molar-refractivity contribution < 1.29 is 14.2 Å². The Morgan fingerprint density at radius 3 is 2.48 bits per heavy atom. The quantitative estimate of drug-likeness (QED) is 0.752. The van der Waals surface area contributed by atoms with Crippen molar-refractivity contribution in [1.82, 2.24) is 0 Å². The number of hydrogen-bond acceptors (Lipinski definition) is 3. The molecule has 0 bridgehead atoms. The zero-order valence-electron chi connectivity index (χ0n) is 15.0. The second kappa shape index (κ2) is 6.62. The maximum Gasteiger partial charge on any atom is 0.131 e. The molecule has 0 amide bonds. The van der Waals surface area contributed by atoms with E-state index in [9.17, 15) is 0 Å². The van der Waals surface area contributed by atoms with Gasteiger partial charge in [0.25, 0.3) is 0 Å². The summed E-state index contributed by atoms with van der Waals surface area (Å²) in [5, 5.41) is 0. The highest BCUT2D eigenvalue weighted by molar-refractivity contribution is 5.54. The monoisotopic (exact) mass is 318 g/mol. The topological polar surface area (TPSA) is 27.7 Å². The molecule has 1 aromatic carbocycles. The van der Waals surface area contributed by atoms with Gasteiger partial charge in [0.15, 0.2) is 0 Å². The first-order chi connectivity index (χ1) is 11.1. The summed E-state index contributed by atoms with van der Waals surface area (Å²) in [6.45, 7) is 4.61. The van der Waals surface area contributed by atoms with Gasteiger partial charge in [0.05, 0.1) is 14.2 Å². The van der Waals surface area contributed by atoms with Gasteiger partial charge in [-0.05, 0) is 50.4 Å². The van der Waals surface area contributed by atoms with Crippen LogP contribution in [0.5, 0.6) is 17.2 Å². The summed E-state index contributed by atoms with van der Waals surface area (Å²) in [5.41, 5.74) is 1.28. The summed E-state index contributed by atoms with van der Waals surface area (Å²) in [5.74, 6) is 3.89. The third-order valence-electron chi connectivity index (χ3n) is 5.41. The number of fused-ring (bicyclic) bond motifs is 1. The number of ether oxygens (including phenoxy) is 3. The first-order valence-electron chi connectivity index (χ1n) is 9.02. The van der Waals surface area contributed by atoms with Gasteiger partial charge in [-0.1, -0.05) is 20.3 Å². The molecule has 0 N–H and O–H groups in total. The molecule has 0 aromatic heterocycles. The van der Waals surface area contributed by atoms with E-state index < -0.39 is 0 Å². The van der Waals surface area contributed by atoms with Crippen LogP contribution in [0.3, 0.4) is 0 Å². The number of rotatable bonds is 4. The molecule has 1 atom stereocenters. The van der Waals surface area contributed by atoms with Gasteiger partial charge in [-0.15, -0.1) is 0 Å². The number of hydrogen-bond donors (Lipinski definition) is 0. The predicted molar refractivity (Wildman–Crippen MR) is 92.8 cm³/mol. The lowest BCUT2D eigenvalue weighted by molar-refractivity contribution is -0.00176. The standard InChI is InChI=1S/C20H30O3/c1-14(2)10-15-13-20(8-6-5-7-9-20)23-18-12-16(21-3)11-17(22-4)19(15)18/h11-12,14-15H,5-10,13H2,1-4H3/t15-/m1/s1. The summed E-state index contributed by atoms with van der Waals surface area (Å²) in [6, 6.07) is 4.05. The molecule has 0 saturated heterocycles. The number of methoxy groups -OCH3 is 2. The molecule has 1 aliphatic carbocycles. The Labute approximate surface area is 140 Å². The fourth-order valence-electron chi connectivity index (χ4n) is 4.45. The number of benzene rings is 1. The maximum atomic E-state index is 6.60. The van der Waals surface area contributed by atoms with E-state index in [4.69, 9.17) is 14.2 Å². The van der Waals surface area contributed by atoms with Gasteiger partial charge in [0, 0.05) is 17.7 Å². The van der Waals surface area contributed by atoms with E-state index in [1.54, 1.807) is 14.2 Å². The minimum Gasteiger partial charge on any atom is -0.496 e. The highest BCUT2D eigenvalue weighted by atomic mass is 16.5. The van der Waals surface area contributed by atoms with Crippen LogP contribution in [0.15, 0.2) is 12.1 Å². The van der Waals surface area contributed by atoms with Crippen molar-refractivity contribution in [1.29, 1.82) is 0 Å². The molecule has 1 fully saturated rings. The molecule has 3 rings (SSSR count). The predicted octanol–water partition coefficient (Wildman–Crippen LogP) is 5.32. The van der Waals surface area contributed by atoms with Crippen LogP contribution in [-0.4, -0.2) is 19.8 Å². The van der Waals surface area contributed by atoms with Gasteiger partial charge < -0.3 is 14.2 Å². The molecule has 1 aromatic rings. The van der Waals surface area contributed by atoms with Crippen LogP contribution >= 0.6 is 0 Å². The van der Waals surface area contributed by atoms with Gasteiger partial charge in [-0.3, -0.25) is 0 Å². The molecule has 1 saturated carbocycles. The van der Waals surface area contributed by atoms with Crippen molar-refractivity contribution >= 4 is 0 Å². The zero-order valence-corrected chi connectivity index (χ0v) is 15.0. The Kier molecular flexibility index (Phi) is 4.74. The SMILES string of the molecule is COc1cc(OC)c2c(c1)OC1(CCCCC1)C[C@H]2CC(C)C. The van der Waals surface area contributed by atoms with Crippen molar-refractivity contribution in [2.75, 3.05) is 14.2 Å². The van der Waals surface area contributed by atoms with Crippen molar-refractivity contribution in [3.05, 3.63) is 17.7 Å². The third kappa shape index (κ3) is 3.29. The molecule has 128 valence electrons. The van der Waals surface area contributed by atoms with E-state index in [2.05, 4.69) is 19.9 Å². The summed E-state index contributed by atoms with van der Waals surface area (Å²) in [4.78, 5) is 0. The fourth-order valence-corrected chi connectivity index (χ4v) is 4.45. The van der Waals surface area contributed by atoms with Crippen LogP contribution in [-0.2, 0) is 0 Å². The summed E-state index contributed by atoms with van der Waals surface area (Å²) >= 11 is 0. The molecule has 23 heavy (non-hydrogen) atoms. The van der Waals surface area contributed by atoms with E-state index >= 15 is 0 Å². The van der Waals surface area contributed by atoms with Crippen LogP contribution in [0, 0.1) is 5.92 Å². The first-order valence-corrected chi connectivity index (χ1v) is 9.02. The van der Waals surface area contributed by atoms with Crippen LogP contribution < -0.4 is 14.2 Å². The minimum atomic E-state index is 0.0299. The Morgan fingerprint density at radius 2 is 1.87 bits per heavy atom. The molecule has 1 spiro atoms. The zero-order chi connectivity index (χ0) is 16.4. The second-order valence-electron chi connectivity index (χ2n) is 7.62. The molecular weight excluding hydrogens is 288 g/mol. The average Bonchev–Trinajstić information content (AvgIpc) is 2.53. The molecule has 1 heterocycles. The lowest BCUT2D eigenvalue weighted by Gasteiger charge is -2.45. The van der Waals surface area contributed by atoms with Gasteiger partial charge >= 0.3 is 0 Å². The van der Waals surface area contributed by atoms with E-state index in [-0.39, 0.29) is 5.60 Å². The van der Waals surface area contributed by atoms with Gasteiger partial charge in [0.2, 0.25) is 0 Å². The fraction of sp³-hybridized carbons (Fsp3) is 0.700. The van der Waals surface area contributed by atoms with Gasteiger partial charge in [-0.25, -0.2) is 0 Å². The Bertz CT molecular complexity index is 544. The van der Waals surface area contributed by atoms with Crippen LogP contribution in [0.2, 0.25) is 0 Å². The smallest absolute Gasteiger partial charge is 0.131 e. The van der Waals surface area contributed by atoms with Crippen molar-refractivity contribution in [3.63, 3.8) is 0 Å². The second-order valence-corrected chi connectivity index (χ2v) is 7.62. The molecule has 3 nitrogen and oxygen atoms in total. The van der Waals surface area contributed by atoms with E-state index in [1.807, 2.05) is 6.07 Å². The lowest BCUT2D eigenvalue weighted by Crippen LogP contribution is -2.43. The Morgan fingerprint density at radius 1 is 1.13 bits per heavy atom. The third-order valence-corrected chi connectivity index (χ3v) is 5.41. The highest BCUT2D eigenvalue weighted by Gasteiger charge is 2.43. The largest absolute Gasteiger partial charge is 0.496 e. The summed E-state index contributed by atoms with van der Waals surface area (Å²) < 4.78 is 17.7. The molecule has 1 aliphatic heterocycles. The van der Waals surface area contributed by atoms with E-state index in [0.717, 1.165) is 23.7 Å². The normalized spacial score (nSPS) is 22.6. The highest BCUT2D eigenvalue weighted by Crippen LogP contribution is 2.52. The maximum absolute atomic E-state index is 6.60. The summed E-state index contributed by atoms with van der Waals surface area (Å²) in [7, 11) is 3.44. The van der Waals surface area contributed by atoms with Crippen molar-refractivity contribution in [2.24, 2.45) is 5.92 Å². The lowest BCUT2D eigenvalue weighted by atomic mass is 9.72. The molecule has 3 heteroatoms. The molecule has 0 radical (unpaired) electrons. The van der Waals surface area contributed by atoms with E-state index in [1.165, 1.54) is 44.1 Å².